The van der Waals surface area contributed by atoms with Crippen molar-refractivity contribution >= 4 is 39.5 Å². The maximum Gasteiger partial charge on any atom is 0.472 e. The first kappa shape index (κ1) is 82.5. The molecule has 0 rings (SSSR count). The lowest BCUT2D eigenvalue weighted by atomic mass is 10.0. The monoisotopic (exact) mass is 1250 g/mol. The Balaban J connectivity index is 5.26. The first-order chi connectivity index (χ1) is 40.7. The molecule has 0 amide bonds. The molecule has 3 N–H and O–H groups in total. The van der Waals surface area contributed by atoms with E-state index in [-0.39, 0.29) is 25.7 Å². The van der Waals surface area contributed by atoms with Crippen LogP contribution in [0.3, 0.4) is 0 Å². The Labute approximate surface area is 516 Å². The number of unbranched alkanes of at least 4 members (excludes halogenated alkanes) is 27. The second kappa shape index (κ2) is 56.8. The van der Waals surface area contributed by atoms with Crippen LogP contribution >= 0.6 is 15.6 Å². The van der Waals surface area contributed by atoms with Crippen LogP contribution in [0.1, 0.15) is 299 Å². The Morgan fingerprint density at radius 3 is 0.953 bits per heavy atom. The second-order valence-corrected chi connectivity index (χ2v) is 27.5. The highest BCUT2D eigenvalue weighted by molar-refractivity contribution is 7.47. The smallest absolute Gasteiger partial charge is 0.462 e. The second-order valence-electron chi connectivity index (χ2n) is 24.6. The van der Waals surface area contributed by atoms with E-state index in [2.05, 4.69) is 72.8 Å². The van der Waals surface area contributed by atoms with Gasteiger partial charge in [-0.1, -0.05) is 246 Å². The molecule has 0 aliphatic rings. The molecule has 0 aromatic heterocycles. The van der Waals surface area contributed by atoms with Crippen LogP contribution < -0.4 is 0 Å². The van der Waals surface area contributed by atoms with Crippen molar-refractivity contribution < 1.29 is 80.2 Å². The predicted octanol–water partition coefficient (Wildman–Crippen LogP) is 17.8. The number of aliphatic hydroxyl groups is 1. The van der Waals surface area contributed by atoms with Crippen molar-refractivity contribution in [2.75, 3.05) is 39.6 Å². The summed E-state index contributed by atoms with van der Waals surface area (Å²) in [6.45, 7) is 11.6. The number of phosphoric ester groups is 2. The summed E-state index contributed by atoms with van der Waals surface area (Å²) in [5, 5.41) is 10.5. The lowest BCUT2D eigenvalue weighted by Gasteiger charge is -2.21. The van der Waals surface area contributed by atoms with E-state index in [1.807, 2.05) is 0 Å². The van der Waals surface area contributed by atoms with Crippen molar-refractivity contribution in [3.8, 4) is 0 Å². The van der Waals surface area contributed by atoms with E-state index in [1.165, 1.54) is 83.5 Å². The van der Waals surface area contributed by atoms with Gasteiger partial charge in [0, 0.05) is 25.7 Å². The maximum absolute atomic E-state index is 13.0. The van der Waals surface area contributed by atoms with Gasteiger partial charge in [-0.15, -0.1) is 0 Å². The molecule has 5 atom stereocenters. The molecule has 0 bridgehead atoms. The summed E-state index contributed by atoms with van der Waals surface area (Å²) in [6, 6.07) is 0. The average molecular weight is 1250 g/mol. The highest BCUT2D eigenvalue weighted by atomic mass is 31.2. The summed E-state index contributed by atoms with van der Waals surface area (Å²) in [7, 11) is -9.90. The Kier molecular flexibility index (Phi) is 55.1. The Morgan fingerprint density at radius 1 is 0.365 bits per heavy atom. The fraction of sp³-hybridized carbons (Fsp3) is 0.879. The molecule has 0 aromatic carbocycles. The minimum atomic E-state index is -4.95. The maximum atomic E-state index is 13.0. The zero-order chi connectivity index (χ0) is 63.1. The molecule has 0 heterocycles. The minimum absolute atomic E-state index is 0.0959. The normalized spacial score (nSPS) is 14.5. The van der Waals surface area contributed by atoms with E-state index < -0.39 is 97.5 Å². The van der Waals surface area contributed by atoms with Crippen LogP contribution in [0, 0.1) is 17.8 Å². The molecular formula is C66H124O17P2. The quantitative estimate of drug-likeness (QED) is 0.0169. The molecule has 0 aliphatic heterocycles. The third-order valence-electron chi connectivity index (χ3n) is 14.5. The van der Waals surface area contributed by atoms with Gasteiger partial charge in [-0.2, -0.15) is 0 Å². The van der Waals surface area contributed by atoms with Crippen molar-refractivity contribution in [2.45, 2.75) is 317 Å². The van der Waals surface area contributed by atoms with Crippen molar-refractivity contribution in [1.29, 1.82) is 0 Å². The first-order valence-corrected chi connectivity index (χ1v) is 36.7. The highest BCUT2D eigenvalue weighted by Crippen LogP contribution is 2.45. The van der Waals surface area contributed by atoms with E-state index in [0.717, 1.165) is 116 Å². The number of carbonyl (C=O) groups is 4. The SMILES string of the molecule is CCCCCC/C=C\C=C/CCCCCCCC(=O)OC[C@H](COP(=O)(O)OCC(O)COP(=O)(O)OC[C@@H](COC(=O)CCCCCCCCCC(C)C)OC(=O)CCCCCCCCCC(C)C)OC(=O)CCCCCCCCCC(C)C. The van der Waals surface area contributed by atoms with Gasteiger partial charge in [-0.05, 0) is 69.1 Å². The van der Waals surface area contributed by atoms with E-state index in [9.17, 15) is 43.2 Å². The van der Waals surface area contributed by atoms with E-state index in [0.29, 0.717) is 43.4 Å². The van der Waals surface area contributed by atoms with Gasteiger partial charge in [0.05, 0.1) is 26.4 Å². The van der Waals surface area contributed by atoms with Crippen LogP contribution in [0.15, 0.2) is 24.3 Å². The van der Waals surface area contributed by atoms with Crippen molar-refractivity contribution in [3.05, 3.63) is 24.3 Å². The predicted molar refractivity (Wildman–Crippen MR) is 340 cm³/mol. The third kappa shape index (κ3) is 60.2. The standard InChI is InChI=1S/C66H124O17P2/c1-8-9-10-11-12-13-14-15-16-17-18-19-26-33-40-47-63(68)76-53-61(82-65(70)49-42-35-28-21-24-31-38-45-58(4)5)55-80-84(72,73)78-51-60(67)52-79-85(74,75)81-56-62(83-66(71)50-43-36-29-22-25-32-39-46-59(6)7)54-77-64(69)48-41-34-27-20-23-30-37-44-57(2)3/h13-16,57-62,67H,8-12,17-56H2,1-7H3,(H,72,73)(H,74,75)/b14-13-,16-15-/t60?,61-,62-/m1/s1. The number of allylic oxidation sites excluding steroid dienone is 4. The van der Waals surface area contributed by atoms with Gasteiger partial charge < -0.3 is 33.8 Å². The van der Waals surface area contributed by atoms with Gasteiger partial charge >= 0.3 is 39.5 Å². The molecule has 500 valence electrons. The average Bonchev–Trinajstić information content (AvgIpc) is 3.53. The van der Waals surface area contributed by atoms with Crippen LogP contribution in [0.2, 0.25) is 0 Å². The number of carbonyl (C=O) groups excluding carboxylic acids is 4. The molecule has 0 saturated carbocycles. The zero-order valence-corrected chi connectivity index (χ0v) is 56.3. The van der Waals surface area contributed by atoms with Gasteiger partial charge in [0.1, 0.15) is 19.3 Å². The first-order valence-electron chi connectivity index (χ1n) is 33.7. The third-order valence-corrected chi connectivity index (χ3v) is 16.4. The minimum Gasteiger partial charge on any atom is -0.462 e. The lowest BCUT2D eigenvalue weighted by Crippen LogP contribution is -2.30. The van der Waals surface area contributed by atoms with Crippen LogP contribution in [0.4, 0.5) is 0 Å². The van der Waals surface area contributed by atoms with Crippen molar-refractivity contribution in [2.24, 2.45) is 17.8 Å². The number of phosphoric acid groups is 2. The number of hydrogen-bond donors (Lipinski definition) is 3. The van der Waals surface area contributed by atoms with Crippen LogP contribution in [-0.4, -0.2) is 96.7 Å². The molecule has 3 unspecified atom stereocenters. The van der Waals surface area contributed by atoms with Gasteiger partial charge in [0.25, 0.3) is 0 Å². The summed E-state index contributed by atoms with van der Waals surface area (Å²) in [6.07, 6.45) is 41.5. The van der Waals surface area contributed by atoms with E-state index >= 15 is 0 Å². The number of esters is 4. The fourth-order valence-electron chi connectivity index (χ4n) is 9.29. The molecule has 0 saturated heterocycles. The van der Waals surface area contributed by atoms with Crippen LogP contribution in [-0.2, 0) is 65.4 Å². The Hall–Kier alpha value is -2.46. The molecular weight excluding hydrogens is 1130 g/mol. The summed E-state index contributed by atoms with van der Waals surface area (Å²) >= 11 is 0. The van der Waals surface area contributed by atoms with Crippen molar-refractivity contribution in [3.63, 3.8) is 0 Å². The topological polar surface area (TPSA) is 237 Å². The molecule has 0 spiro atoms. The van der Waals surface area contributed by atoms with Crippen LogP contribution in [0.5, 0.6) is 0 Å². The molecule has 17 nitrogen and oxygen atoms in total. The number of hydrogen-bond acceptors (Lipinski definition) is 15. The number of ether oxygens (including phenoxy) is 4. The van der Waals surface area contributed by atoms with E-state index in [4.69, 9.17) is 37.0 Å². The van der Waals surface area contributed by atoms with Crippen molar-refractivity contribution in [1.82, 2.24) is 0 Å². The summed E-state index contributed by atoms with van der Waals surface area (Å²) in [5.41, 5.74) is 0. The van der Waals surface area contributed by atoms with Gasteiger partial charge in [0.2, 0.25) is 0 Å². The Bertz CT molecular complexity index is 1770. The molecule has 19 heteroatoms. The number of rotatable bonds is 62. The highest BCUT2D eigenvalue weighted by Gasteiger charge is 2.30. The lowest BCUT2D eigenvalue weighted by molar-refractivity contribution is -0.161. The molecule has 0 aliphatic carbocycles. The summed E-state index contributed by atoms with van der Waals surface area (Å²) in [5.74, 6) is -0.0788. The zero-order valence-electron chi connectivity index (χ0n) is 54.5. The summed E-state index contributed by atoms with van der Waals surface area (Å²) < 4.78 is 68.0. The molecule has 0 fully saturated rings. The van der Waals surface area contributed by atoms with Crippen LogP contribution in [0.25, 0.3) is 0 Å². The van der Waals surface area contributed by atoms with E-state index in [1.54, 1.807) is 0 Å². The largest absolute Gasteiger partial charge is 0.472 e. The molecule has 85 heavy (non-hydrogen) atoms. The van der Waals surface area contributed by atoms with Gasteiger partial charge in [0.15, 0.2) is 12.2 Å². The number of aliphatic hydroxyl groups excluding tert-OH is 1. The molecule has 0 radical (unpaired) electrons. The van der Waals surface area contributed by atoms with Gasteiger partial charge in [-0.25, -0.2) is 9.13 Å². The summed E-state index contributed by atoms with van der Waals surface area (Å²) in [4.78, 5) is 72.2. The fourth-order valence-corrected chi connectivity index (χ4v) is 10.9. The molecule has 0 aromatic rings. The Morgan fingerprint density at radius 2 is 0.635 bits per heavy atom. The van der Waals surface area contributed by atoms with Gasteiger partial charge in [-0.3, -0.25) is 37.3 Å².